The second-order valence-electron chi connectivity index (χ2n) is 23.9. The van der Waals surface area contributed by atoms with Crippen LogP contribution in [-0.4, -0.2) is 47.4 Å². The molecule has 0 spiro atoms. The number of carbonyl (C=O) groups excluding carboxylic acids is 2. The molecule has 0 rings (SSSR count). The van der Waals surface area contributed by atoms with Gasteiger partial charge in [-0.2, -0.15) is 0 Å². The van der Waals surface area contributed by atoms with E-state index < -0.39 is 12.1 Å². The zero-order chi connectivity index (χ0) is 56.4. The molecule has 2 unspecified atom stereocenters. The van der Waals surface area contributed by atoms with Crippen LogP contribution in [0.4, 0.5) is 0 Å². The lowest BCUT2D eigenvalue weighted by Gasteiger charge is -2.20. The number of hydrogen-bond donors (Lipinski definition) is 3. The Morgan fingerprint density at radius 2 is 0.641 bits per heavy atom. The third-order valence-electron chi connectivity index (χ3n) is 16.1. The van der Waals surface area contributed by atoms with Crippen LogP contribution in [0.2, 0.25) is 0 Å². The lowest BCUT2D eigenvalue weighted by Crippen LogP contribution is -2.45. The second-order valence-corrected chi connectivity index (χ2v) is 23.9. The molecule has 0 aromatic rings. The zero-order valence-corrected chi connectivity index (χ0v) is 52.4. The molecule has 78 heavy (non-hydrogen) atoms. The van der Waals surface area contributed by atoms with Crippen LogP contribution in [-0.2, 0) is 14.3 Å². The number of aliphatic hydroxyl groups is 2. The Morgan fingerprint density at radius 3 is 1.01 bits per heavy atom. The molecule has 0 aliphatic rings. The van der Waals surface area contributed by atoms with Crippen molar-refractivity contribution in [3.05, 3.63) is 48.6 Å². The first-order valence-corrected chi connectivity index (χ1v) is 34.9. The van der Waals surface area contributed by atoms with Crippen molar-refractivity contribution in [3.63, 3.8) is 0 Å². The Kier molecular flexibility index (Phi) is 65.4. The summed E-state index contributed by atoms with van der Waals surface area (Å²) >= 11 is 0. The quantitative estimate of drug-likeness (QED) is 0.0320. The number of amides is 1. The van der Waals surface area contributed by atoms with Gasteiger partial charge in [0.1, 0.15) is 0 Å². The van der Waals surface area contributed by atoms with E-state index in [2.05, 4.69) is 55.6 Å². The van der Waals surface area contributed by atoms with E-state index in [1.165, 1.54) is 289 Å². The maximum atomic E-state index is 12.5. The van der Waals surface area contributed by atoms with Crippen LogP contribution in [0.25, 0.3) is 0 Å². The summed E-state index contributed by atoms with van der Waals surface area (Å²) in [6.07, 6.45) is 87.5. The largest absolute Gasteiger partial charge is 0.466 e. The number of ether oxygens (including phenoxy) is 1. The van der Waals surface area contributed by atoms with Crippen molar-refractivity contribution < 1.29 is 24.5 Å². The van der Waals surface area contributed by atoms with Crippen LogP contribution in [0.5, 0.6) is 0 Å². The summed E-state index contributed by atoms with van der Waals surface area (Å²) in [6.45, 7) is 4.90. The molecule has 3 N–H and O–H groups in total. The Bertz CT molecular complexity index is 1310. The summed E-state index contributed by atoms with van der Waals surface area (Å²) in [5.74, 6) is -0.0702. The SMILES string of the molecule is CCCCC/C=C\C/C=C\CCCCCCCCCC(=O)OCCCCCCCCCCCCC/C=C\CCCCCCCCCC(=O)NC(CO)C(O)/C=C/CCCCCCCCCCCCCCCCCCCCCC. The number of aliphatic hydroxyl groups excluding tert-OH is 2. The van der Waals surface area contributed by atoms with Gasteiger partial charge in [-0.25, -0.2) is 0 Å². The molecule has 0 fully saturated rings. The Morgan fingerprint density at radius 1 is 0.359 bits per heavy atom. The van der Waals surface area contributed by atoms with Gasteiger partial charge in [-0.3, -0.25) is 9.59 Å². The standard InChI is InChI=1S/C72H135NO5/c1-3-5-7-9-11-13-15-17-19-21-22-23-26-29-33-36-40-44-48-52-56-60-64-70(75)69(68-74)73-71(76)65-61-57-53-49-45-41-37-34-30-27-24-25-28-31-35-39-43-47-51-55-59-63-67-78-72(77)66-62-58-54-50-46-42-38-32-20-18-16-14-12-10-8-6-4-2/h12,14,18,20,27,30,60,64,69-70,74-75H,3-11,13,15-17,19,21-26,28-29,31-59,61-63,65-68H2,1-2H3,(H,73,76)/b14-12-,20-18-,30-27-,64-60+. The molecule has 1 amide bonds. The molecule has 458 valence electrons. The van der Waals surface area contributed by atoms with Crippen molar-refractivity contribution >= 4 is 11.9 Å². The van der Waals surface area contributed by atoms with Crippen molar-refractivity contribution in [3.8, 4) is 0 Å². The predicted octanol–water partition coefficient (Wildman–Crippen LogP) is 22.5. The summed E-state index contributed by atoms with van der Waals surface area (Å²) in [5.41, 5.74) is 0. The molecule has 0 heterocycles. The number of unbranched alkanes of at least 4 members (excludes halogenated alkanes) is 48. The fourth-order valence-corrected chi connectivity index (χ4v) is 10.7. The van der Waals surface area contributed by atoms with Gasteiger partial charge >= 0.3 is 5.97 Å². The second kappa shape index (κ2) is 67.3. The van der Waals surface area contributed by atoms with Gasteiger partial charge < -0.3 is 20.3 Å². The first-order chi connectivity index (χ1) is 38.5. The molecule has 0 aromatic carbocycles. The van der Waals surface area contributed by atoms with E-state index in [1.807, 2.05) is 6.08 Å². The van der Waals surface area contributed by atoms with Crippen LogP contribution in [0.15, 0.2) is 48.6 Å². The minimum atomic E-state index is -0.851. The van der Waals surface area contributed by atoms with Crippen molar-refractivity contribution in [2.75, 3.05) is 13.2 Å². The van der Waals surface area contributed by atoms with E-state index in [9.17, 15) is 19.8 Å². The molecular formula is C72H135NO5. The van der Waals surface area contributed by atoms with Crippen LogP contribution >= 0.6 is 0 Å². The van der Waals surface area contributed by atoms with Crippen LogP contribution in [0.3, 0.4) is 0 Å². The van der Waals surface area contributed by atoms with E-state index in [4.69, 9.17) is 4.74 Å². The van der Waals surface area contributed by atoms with Crippen molar-refractivity contribution in [2.24, 2.45) is 0 Å². The maximum Gasteiger partial charge on any atom is 0.305 e. The first kappa shape index (κ1) is 75.8. The minimum absolute atomic E-state index is 0.00188. The molecule has 0 aliphatic heterocycles. The molecule has 0 saturated carbocycles. The summed E-state index contributed by atoms with van der Waals surface area (Å²) in [5, 5.41) is 23.2. The van der Waals surface area contributed by atoms with E-state index >= 15 is 0 Å². The van der Waals surface area contributed by atoms with Gasteiger partial charge in [0.05, 0.1) is 25.4 Å². The number of hydrogen-bond acceptors (Lipinski definition) is 5. The van der Waals surface area contributed by atoms with E-state index in [0.717, 1.165) is 57.8 Å². The van der Waals surface area contributed by atoms with E-state index in [0.29, 0.717) is 19.4 Å². The average Bonchev–Trinajstić information content (AvgIpc) is 3.44. The van der Waals surface area contributed by atoms with Gasteiger partial charge in [-0.1, -0.05) is 319 Å². The number of allylic oxidation sites excluding steroid dienone is 7. The smallest absolute Gasteiger partial charge is 0.305 e. The summed E-state index contributed by atoms with van der Waals surface area (Å²) in [6, 6.07) is -0.635. The fraction of sp³-hybridized carbons (Fsp3) is 0.861. The number of nitrogens with one attached hydrogen (secondary N) is 1. The van der Waals surface area contributed by atoms with Crippen LogP contribution < -0.4 is 5.32 Å². The average molecular weight is 1090 g/mol. The Hall–Kier alpha value is -2.18. The summed E-state index contributed by atoms with van der Waals surface area (Å²) in [4.78, 5) is 24.6. The number of esters is 1. The lowest BCUT2D eigenvalue weighted by atomic mass is 10.0. The Balaban J connectivity index is 3.45. The van der Waals surface area contributed by atoms with E-state index in [-0.39, 0.29) is 18.5 Å². The van der Waals surface area contributed by atoms with Crippen molar-refractivity contribution in [1.29, 1.82) is 0 Å². The molecule has 0 radical (unpaired) electrons. The highest BCUT2D eigenvalue weighted by Gasteiger charge is 2.18. The molecular weight excluding hydrogens is 959 g/mol. The highest BCUT2D eigenvalue weighted by Crippen LogP contribution is 2.18. The Labute approximate surface area is 486 Å². The molecule has 2 atom stereocenters. The number of carbonyl (C=O) groups is 2. The van der Waals surface area contributed by atoms with Gasteiger partial charge in [0.25, 0.3) is 0 Å². The normalized spacial score (nSPS) is 12.8. The monoisotopic (exact) mass is 1090 g/mol. The third-order valence-corrected chi connectivity index (χ3v) is 16.1. The first-order valence-electron chi connectivity index (χ1n) is 34.9. The van der Waals surface area contributed by atoms with Gasteiger partial charge in [-0.15, -0.1) is 0 Å². The summed E-state index contributed by atoms with van der Waals surface area (Å²) in [7, 11) is 0. The van der Waals surface area contributed by atoms with Crippen molar-refractivity contribution in [2.45, 2.75) is 386 Å². The minimum Gasteiger partial charge on any atom is -0.466 e. The lowest BCUT2D eigenvalue weighted by molar-refractivity contribution is -0.143. The van der Waals surface area contributed by atoms with Gasteiger partial charge in [0.15, 0.2) is 0 Å². The van der Waals surface area contributed by atoms with Gasteiger partial charge in [-0.05, 0) is 89.9 Å². The highest BCUT2D eigenvalue weighted by atomic mass is 16.5. The van der Waals surface area contributed by atoms with Crippen LogP contribution in [0.1, 0.15) is 373 Å². The zero-order valence-electron chi connectivity index (χ0n) is 52.4. The number of rotatable bonds is 65. The van der Waals surface area contributed by atoms with E-state index in [1.54, 1.807) is 6.08 Å². The molecule has 0 aliphatic carbocycles. The summed E-state index contributed by atoms with van der Waals surface area (Å²) < 4.78 is 5.49. The molecule has 0 bridgehead atoms. The maximum absolute atomic E-state index is 12.5. The van der Waals surface area contributed by atoms with Crippen LogP contribution in [0, 0.1) is 0 Å². The molecule has 6 nitrogen and oxygen atoms in total. The molecule has 0 aromatic heterocycles. The topological polar surface area (TPSA) is 95.9 Å². The third kappa shape index (κ3) is 63.0. The van der Waals surface area contributed by atoms with Gasteiger partial charge in [0, 0.05) is 12.8 Å². The van der Waals surface area contributed by atoms with Crippen molar-refractivity contribution in [1.82, 2.24) is 5.32 Å². The predicted molar refractivity (Wildman–Crippen MR) is 342 cm³/mol. The molecule has 6 heteroatoms. The van der Waals surface area contributed by atoms with Gasteiger partial charge in [0.2, 0.25) is 5.91 Å². The molecule has 0 saturated heterocycles. The fourth-order valence-electron chi connectivity index (χ4n) is 10.7. The highest BCUT2D eigenvalue weighted by molar-refractivity contribution is 5.76.